The van der Waals surface area contributed by atoms with E-state index in [1.54, 1.807) is 61.5 Å². The SMILES string of the molecule is Cc1cn(-c2ccc(NCC(C=O)c3cccc(-c4cccc(C(F)(F)F)c4)c3)cc2)c(=O)[nH]c1=O. The van der Waals surface area contributed by atoms with Gasteiger partial charge in [-0.1, -0.05) is 36.4 Å². The van der Waals surface area contributed by atoms with Gasteiger partial charge in [-0.05, 0) is 60.0 Å². The summed E-state index contributed by atoms with van der Waals surface area (Å²) in [5, 5.41) is 3.17. The zero-order chi connectivity index (χ0) is 25.9. The van der Waals surface area contributed by atoms with Crippen molar-refractivity contribution in [2.75, 3.05) is 11.9 Å². The first kappa shape index (κ1) is 24.7. The van der Waals surface area contributed by atoms with Gasteiger partial charge in [-0.2, -0.15) is 13.2 Å². The number of nitrogens with one attached hydrogen (secondary N) is 2. The summed E-state index contributed by atoms with van der Waals surface area (Å²) in [5.41, 5.74) is 1.60. The number of H-pyrrole nitrogens is 1. The van der Waals surface area contributed by atoms with E-state index in [2.05, 4.69) is 10.3 Å². The maximum Gasteiger partial charge on any atom is 0.416 e. The molecule has 0 radical (unpaired) electrons. The van der Waals surface area contributed by atoms with Crippen LogP contribution in [0, 0.1) is 6.92 Å². The lowest BCUT2D eigenvalue weighted by Crippen LogP contribution is -2.29. The van der Waals surface area contributed by atoms with Gasteiger partial charge in [-0.15, -0.1) is 0 Å². The van der Waals surface area contributed by atoms with Gasteiger partial charge in [0, 0.05) is 24.0 Å². The Morgan fingerprint density at radius 1 is 0.972 bits per heavy atom. The van der Waals surface area contributed by atoms with Crippen molar-refractivity contribution in [3.8, 4) is 16.8 Å². The number of anilines is 1. The first-order chi connectivity index (χ1) is 17.2. The van der Waals surface area contributed by atoms with Crippen LogP contribution >= 0.6 is 0 Å². The molecule has 1 unspecified atom stereocenters. The molecule has 6 nitrogen and oxygen atoms in total. The molecule has 0 amide bonds. The smallest absolute Gasteiger partial charge is 0.384 e. The Kier molecular flexibility index (Phi) is 6.91. The summed E-state index contributed by atoms with van der Waals surface area (Å²) in [5.74, 6) is -0.542. The number of aldehydes is 1. The summed E-state index contributed by atoms with van der Waals surface area (Å²) in [7, 11) is 0. The highest BCUT2D eigenvalue weighted by molar-refractivity contribution is 5.69. The molecule has 1 atom stereocenters. The molecule has 0 aliphatic rings. The number of aryl methyl sites for hydroxylation is 1. The fourth-order valence-corrected chi connectivity index (χ4v) is 3.79. The molecule has 4 rings (SSSR count). The first-order valence-electron chi connectivity index (χ1n) is 11.1. The van der Waals surface area contributed by atoms with E-state index < -0.39 is 28.9 Å². The van der Waals surface area contributed by atoms with Gasteiger partial charge in [0.15, 0.2) is 0 Å². The summed E-state index contributed by atoms with van der Waals surface area (Å²) in [6, 6.07) is 18.8. The highest BCUT2D eigenvalue weighted by Crippen LogP contribution is 2.32. The van der Waals surface area contributed by atoms with Crippen molar-refractivity contribution in [2.45, 2.75) is 19.0 Å². The Bertz CT molecular complexity index is 1510. The molecule has 0 spiro atoms. The second-order valence-corrected chi connectivity index (χ2v) is 8.32. The van der Waals surface area contributed by atoms with Crippen molar-refractivity contribution >= 4 is 12.0 Å². The van der Waals surface area contributed by atoms with Gasteiger partial charge in [-0.3, -0.25) is 14.3 Å². The molecule has 36 heavy (non-hydrogen) atoms. The number of benzene rings is 3. The third-order valence-corrected chi connectivity index (χ3v) is 5.79. The second kappa shape index (κ2) is 10.1. The van der Waals surface area contributed by atoms with Gasteiger partial charge in [0.05, 0.1) is 17.2 Å². The van der Waals surface area contributed by atoms with E-state index in [1.807, 2.05) is 0 Å². The van der Waals surface area contributed by atoms with E-state index in [-0.39, 0.29) is 6.54 Å². The van der Waals surface area contributed by atoms with Crippen LogP contribution in [0.25, 0.3) is 16.8 Å². The second-order valence-electron chi connectivity index (χ2n) is 8.32. The van der Waals surface area contributed by atoms with Crippen LogP contribution in [0.4, 0.5) is 18.9 Å². The lowest BCUT2D eigenvalue weighted by molar-refractivity contribution is -0.137. The van der Waals surface area contributed by atoms with E-state index in [0.29, 0.717) is 33.6 Å². The van der Waals surface area contributed by atoms with Crippen molar-refractivity contribution in [2.24, 2.45) is 0 Å². The van der Waals surface area contributed by atoms with Crippen LogP contribution in [0.15, 0.2) is 88.6 Å². The monoisotopic (exact) mass is 493 g/mol. The predicted octanol–water partition coefficient (Wildman–Crippen LogP) is 4.91. The maximum absolute atomic E-state index is 13.1. The van der Waals surface area contributed by atoms with Crippen molar-refractivity contribution < 1.29 is 18.0 Å². The van der Waals surface area contributed by atoms with Gasteiger partial charge in [-0.25, -0.2) is 4.79 Å². The molecule has 0 aliphatic heterocycles. The number of aromatic nitrogens is 2. The van der Waals surface area contributed by atoms with E-state index in [4.69, 9.17) is 0 Å². The molecule has 184 valence electrons. The molecule has 2 N–H and O–H groups in total. The molecule has 3 aromatic carbocycles. The number of nitrogens with zero attached hydrogens (tertiary/aromatic N) is 1. The van der Waals surface area contributed by atoms with Gasteiger partial charge in [0.1, 0.15) is 6.29 Å². The molecular weight excluding hydrogens is 471 g/mol. The van der Waals surface area contributed by atoms with Crippen LogP contribution in [0.1, 0.15) is 22.6 Å². The Morgan fingerprint density at radius 2 is 1.64 bits per heavy atom. The summed E-state index contributed by atoms with van der Waals surface area (Å²) in [6.07, 6.45) is -2.19. The molecule has 1 aromatic heterocycles. The number of hydrogen-bond donors (Lipinski definition) is 2. The van der Waals surface area contributed by atoms with Gasteiger partial charge in [0.25, 0.3) is 5.56 Å². The van der Waals surface area contributed by atoms with Crippen molar-refractivity contribution in [1.29, 1.82) is 0 Å². The van der Waals surface area contributed by atoms with E-state index in [9.17, 15) is 27.6 Å². The van der Waals surface area contributed by atoms with E-state index in [0.717, 1.165) is 18.4 Å². The number of rotatable bonds is 7. The quantitative estimate of drug-likeness (QED) is 0.358. The van der Waals surface area contributed by atoms with Crippen molar-refractivity contribution in [3.63, 3.8) is 0 Å². The third kappa shape index (κ3) is 5.46. The number of carbonyl (C=O) groups is 1. The Morgan fingerprint density at radius 3 is 2.31 bits per heavy atom. The molecule has 0 fully saturated rings. The minimum absolute atomic E-state index is 0.257. The maximum atomic E-state index is 13.1. The lowest BCUT2D eigenvalue weighted by Gasteiger charge is -2.15. The van der Waals surface area contributed by atoms with Gasteiger partial charge in [0.2, 0.25) is 0 Å². The molecular formula is C27H22F3N3O3. The average Bonchev–Trinajstić information content (AvgIpc) is 2.87. The molecule has 0 saturated heterocycles. The highest BCUT2D eigenvalue weighted by atomic mass is 19.4. The fraction of sp³-hybridized carbons (Fsp3) is 0.148. The van der Waals surface area contributed by atoms with Gasteiger partial charge >= 0.3 is 11.9 Å². The number of carbonyl (C=O) groups excluding carboxylic acids is 1. The number of alkyl halides is 3. The molecule has 9 heteroatoms. The first-order valence-corrected chi connectivity index (χ1v) is 11.1. The summed E-state index contributed by atoms with van der Waals surface area (Å²) >= 11 is 0. The predicted molar refractivity (Wildman–Crippen MR) is 132 cm³/mol. The standard InChI is InChI=1S/C27H22F3N3O3/c1-17-15-33(26(36)32-25(17)35)24-10-8-23(9-11-24)31-14-21(16-34)19-5-2-4-18(12-19)20-6-3-7-22(13-20)27(28,29)30/h2-13,15-16,21,31H,14H2,1H3,(H,32,35,36). The minimum atomic E-state index is -4.44. The molecule has 0 bridgehead atoms. The van der Waals surface area contributed by atoms with E-state index >= 15 is 0 Å². The molecule has 4 aromatic rings. The van der Waals surface area contributed by atoms with Crippen LogP contribution in [-0.2, 0) is 11.0 Å². The number of hydrogen-bond acceptors (Lipinski definition) is 4. The zero-order valence-electron chi connectivity index (χ0n) is 19.2. The lowest BCUT2D eigenvalue weighted by atomic mass is 9.95. The van der Waals surface area contributed by atoms with E-state index in [1.165, 1.54) is 16.8 Å². The summed E-state index contributed by atoms with van der Waals surface area (Å²) in [4.78, 5) is 37.8. The number of halogens is 3. The zero-order valence-corrected chi connectivity index (χ0v) is 19.2. The molecule has 1 heterocycles. The van der Waals surface area contributed by atoms with Crippen molar-refractivity contribution in [3.05, 3.63) is 117 Å². The van der Waals surface area contributed by atoms with Crippen LogP contribution in [0.3, 0.4) is 0 Å². The van der Waals surface area contributed by atoms with Gasteiger partial charge < -0.3 is 10.1 Å². The van der Waals surface area contributed by atoms with Crippen LogP contribution in [0.2, 0.25) is 0 Å². The van der Waals surface area contributed by atoms with Crippen LogP contribution in [-0.4, -0.2) is 22.4 Å². The highest BCUT2D eigenvalue weighted by Gasteiger charge is 2.30. The Balaban J connectivity index is 1.50. The van der Waals surface area contributed by atoms with Crippen molar-refractivity contribution in [1.82, 2.24) is 9.55 Å². The molecule has 0 saturated carbocycles. The fourth-order valence-electron chi connectivity index (χ4n) is 3.79. The topological polar surface area (TPSA) is 84.0 Å². The summed E-state index contributed by atoms with van der Waals surface area (Å²) < 4.78 is 40.6. The van der Waals surface area contributed by atoms with Crippen LogP contribution in [0.5, 0.6) is 0 Å². The Labute approximate surface area is 204 Å². The molecule has 0 aliphatic carbocycles. The normalized spacial score (nSPS) is 12.2. The largest absolute Gasteiger partial charge is 0.416 e. The average molecular weight is 493 g/mol. The number of aromatic amines is 1. The third-order valence-electron chi connectivity index (χ3n) is 5.79. The Hall–Kier alpha value is -4.40. The van der Waals surface area contributed by atoms with Crippen LogP contribution < -0.4 is 16.6 Å². The summed E-state index contributed by atoms with van der Waals surface area (Å²) in [6.45, 7) is 1.86. The minimum Gasteiger partial charge on any atom is -0.384 e.